The number of thiocarbonyl (C=S) groups is 1. The summed E-state index contributed by atoms with van der Waals surface area (Å²) in [6, 6.07) is 7.34. The van der Waals surface area contributed by atoms with Crippen molar-refractivity contribution in [3.05, 3.63) is 35.9 Å². The van der Waals surface area contributed by atoms with E-state index in [9.17, 15) is 4.79 Å². The average molecular weight is 250 g/mol. The zero-order chi connectivity index (χ0) is 12.7. The first-order chi connectivity index (χ1) is 8.11. The van der Waals surface area contributed by atoms with Gasteiger partial charge in [0, 0.05) is 18.3 Å². The predicted molar refractivity (Wildman–Crippen MR) is 73.0 cm³/mol. The van der Waals surface area contributed by atoms with Crippen molar-refractivity contribution in [3.8, 4) is 0 Å². The molecule has 17 heavy (non-hydrogen) atoms. The highest BCUT2D eigenvalue weighted by molar-refractivity contribution is 7.80. The van der Waals surface area contributed by atoms with Gasteiger partial charge in [-0.15, -0.1) is 0 Å². The number of anilines is 1. The molecule has 0 aromatic heterocycles. The minimum absolute atomic E-state index is 0.548. The van der Waals surface area contributed by atoms with Gasteiger partial charge in [-0.25, -0.2) is 4.79 Å². The molecule has 0 atom stereocenters. The molecule has 0 heterocycles. The number of hydrogen-bond donors (Lipinski definition) is 3. The second kappa shape index (κ2) is 6.65. The van der Waals surface area contributed by atoms with Crippen LogP contribution in [0.5, 0.6) is 0 Å². The third-order valence-electron chi connectivity index (χ3n) is 1.90. The maximum absolute atomic E-state index is 10.4. The molecule has 4 nitrogen and oxygen atoms in total. The first-order valence-corrected chi connectivity index (χ1v) is 5.58. The van der Waals surface area contributed by atoms with Crippen molar-refractivity contribution in [2.75, 3.05) is 11.9 Å². The van der Waals surface area contributed by atoms with Crippen LogP contribution in [-0.2, 0) is 4.79 Å². The maximum Gasteiger partial charge on any atom is 0.328 e. The number of aliphatic carboxylic acids is 1. The monoisotopic (exact) mass is 250 g/mol. The van der Waals surface area contributed by atoms with Gasteiger partial charge in [-0.2, -0.15) is 0 Å². The first kappa shape index (κ1) is 13.2. The lowest BCUT2D eigenvalue weighted by Crippen LogP contribution is -2.27. The fourth-order valence-corrected chi connectivity index (χ4v) is 1.49. The molecule has 0 amide bonds. The Morgan fingerprint density at radius 1 is 1.53 bits per heavy atom. The summed E-state index contributed by atoms with van der Waals surface area (Å²) >= 11 is 5.05. The van der Waals surface area contributed by atoms with Crippen LogP contribution in [0, 0.1) is 0 Å². The molecule has 0 aliphatic rings. The summed E-state index contributed by atoms with van der Waals surface area (Å²) in [6.45, 7) is 2.71. The van der Waals surface area contributed by atoms with Gasteiger partial charge in [-0.1, -0.05) is 12.1 Å². The van der Waals surface area contributed by atoms with Crippen LogP contribution in [0.4, 0.5) is 5.69 Å². The van der Waals surface area contributed by atoms with Crippen LogP contribution < -0.4 is 10.6 Å². The Hall–Kier alpha value is -1.88. The number of carbonyl (C=O) groups is 1. The number of carboxylic acid groups (broad SMARTS) is 1. The molecule has 0 spiro atoms. The molecule has 3 N–H and O–H groups in total. The van der Waals surface area contributed by atoms with Crippen LogP contribution in [0.25, 0.3) is 6.08 Å². The molecule has 1 aromatic rings. The highest BCUT2D eigenvalue weighted by Crippen LogP contribution is 2.11. The number of nitrogens with one attached hydrogen (secondary N) is 2. The molecule has 1 aromatic carbocycles. The van der Waals surface area contributed by atoms with Crippen LogP contribution in [-0.4, -0.2) is 22.7 Å². The largest absolute Gasteiger partial charge is 0.478 e. The predicted octanol–water partition coefficient (Wildman–Crippen LogP) is 2.09. The van der Waals surface area contributed by atoms with Gasteiger partial charge >= 0.3 is 5.97 Å². The van der Waals surface area contributed by atoms with Gasteiger partial charge in [0.15, 0.2) is 5.11 Å². The molecule has 0 fully saturated rings. The highest BCUT2D eigenvalue weighted by Gasteiger charge is 1.96. The summed E-state index contributed by atoms with van der Waals surface area (Å²) in [7, 11) is 0. The van der Waals surface area contributed by atoms with Crippen LogP contribution >= 0.6 is 12.2 Å². The number of hydrogen-bond acceptors (Lipinski definition) is 2. The number of benzene rings is 1. The Bertz CT molecular complexity index is 444. The number of carboxylic acids is 1. The zero-order valence-electron chi connectivity index (χ0n) is 9.43. The van der Waals surface area contributed by atoms with Crippen molar-refractivity contribution in [2.24, 2.45) is 0 Å². The minimum Gasteiger partial charge on any atom is -0.478 e. The van der Waals surface area contributed by atoms with Gasteiger partial charge in [0.1, 0.15) is 0 Å². The molecule has 0 radical (unpaired) electrons. The van der Waals surface area contributed by atoms with E-state index in [4.69, 9.17) is 17.3 Å². The Morgan fingerprint density at radius 3 is 2.94 bits per heavy atom. The van der Waals surface area contributed by atoms with Gasteiger partial charge in [0.2, 0.25) is 0 Å². The van der Waals surface area contributed by atoms with Crippen molar-refractivity contribution in [2.45, 2.75) is 6.92 Å². The zero-order valence-corrected chi connectivity index (χ0v) is 10.3. The second-order valence-electron chi connectivity index (χ2n) is 3.28. The molecular weight excluding hydrogens is 236 g/mol. The Balaban J connectivity index is 2.72. The van der Waals surface area contributed by atoms with Gasteiger partial charge in [0.05, 0.1) is 0 Å². The van der Waals surface area contributed by atoms with Crippen molar-refractivity contribution in [1.29, 1.82) is 0 Å². The van der Waals surface area contributed by atoms with E-state index >= 15 is 0 Å². The summed E-state index contributed by atoms with van der Waals surface area (Å²) in [4.78, 5) is 10.4. The van der Waals surface area contributed by atoms with Crippen LogP contribution in [0.15, 0.2) is 30.3 Å². The van der Waals surface area contributed by atoms with Crippen molar-refractivity contribution < 1.29 is 9.90 Å². The standard InChI is InChI=1S/C12H14N2O2S/c1-2-13-12(17)14-10-5-3-4-9(8-10)6-7-11(15)16/h3-8H,2H2,1H3,(H,15,16)(H2,13,14,17)/b7-6+. The van der Waals surface area contributed by atoms with E-state index in [0.717, 1.165) is 23.9 Å². The lowest BCUT2D eigenvalue weighted by Gasteiger charge is -2.08. The van der Waals surface area contributed by atoms with Crippen LogP contribution in [0.3, 0.4) is 0 Å². The van der Waals surface area contributed by atoms with E-state index < -0.39 is 5.97 Å². The maximum atomic E-state index is 10.4. The quantitative estimate of drug-likeness (QED) is 0.564. The van der Waals surface area contributed by atoms with Gasteiger partial charge in [-0.05, 0) is 42.9 Å². The van der Waals surface area contributed by atoms with E-state index in [1.165, 1.54) is 6.08 Å². The van der Waals surface area contributed by atoms with E-state index in [-0.39, 0.29) is 0 Å². The van der Waals surface area contributed by atoms with E-state index in [1.807, 2.05) is 31.2 Å². The SMILES string of the molecule is CCNC(=S)Nc1cccc(/C=C/C(=O)O)c1. The van der Waals surface area contributed by atoms with E-state index in [2.05, 4.69) is 10.6 Å². The summed E-state index contributed by atoms with van der Waals surface area (Å²) in [6.07, 6.45) is 2.63. The van der Waals surface area contributed by atoms with Crippen molar-refractivity contribution in [3.63, 3.8) is 0 Å². The topological polar surface area (TPSA) is 61.4 Å². The minimum atomic E-state index is -0.966. The first-order valence-electron chi connectivity index (χ1n) is 5.17. The third kappa shape index (κ3) is 5.12. The molecule has 0 aliphatic heterocycles. The molecule has 0 aliphatic carbocycles. The summed E-state index contributed by atoms with van der Waals surface area (Å²) in [5.41, 5.74) is 1.63. The normalized spacial score (nSPS) is 10.2. The molecule has 0 saturated carbocycles. The fraction of sp³-hybridized carbons (Fsp3) is 0.167. The van der Waals surface area contributed by atoms with Gasteiger partial charge < -0.3 is 15.7 Å². The molecular formula is C12H14N2O2S. The van der Waals surface area contributed by atoms with Crippen LogP contribution in [0.1, 0.15) is 12.5 Å². The Kier molecular flexibility index (Phi) is 5.16. The lowest BCUT2D eigenvalue weighted by molar-refractivity contribution is -0.131. The van der Waals surface area contributed by atoms with Gasteiger partial charge in [-0.3, -0.25) is 0 Å². The molecule has 1 rings (SSSR count). The molecule has 0 unspecified atom stereocenters. The summed E-state index contributed by atoms with van der Waals surface area (Å²) in [5, 5.41) is 15.1. The Morgan fingerprint density at radius 2 is 2.29 bits per heavy atom. The van der Waals surface area contributed by atoms with Crippen molar-refractivity contribution in [1.82, 2.24) is 5.32 Å². The van der Waals surface area contributed by atoms with E-state index in [1.54, 1.807) is 0 Å². The summed E-state index contributed by atoms with van der Waals surface area (Å²) in [5.74, 6) is -0.966. The molecule has 0 bridgehead atoms. The van der Waals surface area contributed by atoms with Gasteiger partial charge in [0.25, 0.3) is 0 Å². The smallest absolute Gasteiger partial charge is 0.328 e. The number of rotatable bonds is 4. The van der Waals surface area contributed by atoms with Crippen molar-refractivity contribution >= 4 is 35.1 Å². The van der Waals surface area contributed by atoms with Crippen LogP contribution in [0.2, 0.25) is 0 Å². The lowest BCUT2D eigenvalue weighted by atomic mass is 10.2. The summed E-state index contributed by atoms with van der Waals surface area (Å²) < 4.78 is 0. The third-order valence-corrected chi connectivity index (χ3v) is 2.15. The average Bonchev–Trinajstić information content (AvgIpc) is 2.27. The second-order valence-corrected chi connectivity index (χ2v) is 3.69. The highest BCUT2D eigenvalue weighted by atomic mass is 32.1. The Labute approximate surface area is 105 Å². The van der Waals surface area contributed by atoms with E-state index in [0.29, 0.717) is 5.11 Å². The molecule has 0 saturated heterocycles. The molecule has 90 valence electrons. The molecule has 5 heteroatoms. The fourth-order valence-electron chi connectivity index (χ4n) is 1.22.